The summed E-state index contributed by atoms with van der Waals surface area (Å²) in [6, 6.07) is 17.5. The summed E-state index contributed by atoms with van der Waals surface area (Å²) in [4.78, 5) is 17.6. The van der Waals surface area contributed by atoms with E-state index in [0.29, 0.717) is 27.9 Å². The number of nitrogens with one attached hydrogen (secondary N) is 1. The van der Waals surface area contributed by atoms with E-state index in [2.05, 4.69) is 32.6 Å². The van der Waals surface area contributed by atoms with Crippen molar-refractivity contribution < 1.29 is 4.79 Å². The molecule has 0 bridgehead atoms. The first-order valence-electron chi connectivity index (χ1n) is 11.5. The van der Waals surface area contributed by atoms with Crippen molar-refractivity contribution in [1.29, 1.82) is 0 Å². The summed E-state index contributed by atoms with van der Waals surface area (Å²) < 4.78 is 3.47. The highest BCUT2D eigenvalue weighted by atomic mass is 35.5. The normalized spacial score (nSPS) is 11.2. The van der Waals surface area contributed by atoms with Gasteiger partial charge in [-0.05, 0) is 55.7 Å². The zero-order valence-electron chi connectivity index (χ0n) is 20.1. The van der Waals surface area contributed by atoms with Crippen LogP contribution in [0, 0.1) is 20.8 Å². The largest absolute Gasteiger partial charge is 0.321 e. The van der Waals surface area contributed by atoms with Crippen LogP contribution in [0.3, 0.4) is 0 Å². The van der Waals surface area contributed by atoms with E-state index >= 15 is 0 Å². The fraction of sp³-hybridized carbons (Fsp3) is 0.185. The molecule has 2 aromatic carbocycles. The second kappa shape index (κ2) is 9.76. The number of nitrogens with zero attached hydrogens (tertiary/aromatic N) is 5. The van der Waals surface area contributed by atoms with Crippen LogP contribution in [-0.2, 0) is 17.9 Å². The van der Waals surface area contributed by atoms with Crippen LogP contribution in [0.1, 0.15) is 22.6 Å². The average Bonchev–Trinajstić information content (AvgIpc) is 3.31. The fourth-order valence-electron chi connectivity index (χ4n) is 4.41. The summed E-state index contributed by atoms with van der Waals surface area (Å²) in [5.74, 6) is -0.207. The van der Waals surface area contributed by atoms with Crippen molar-refractivity contribution in [3.05, 3.63) is 93.5 Å². The number of halogens is 2. The van der Waals surface area contributed by atoms with Crippen LogP contribution >= 0.6 is 23.2 Å². The molecule has 0 saturated carbocycles. The smallest absolute Gasteiger partial charge is 0.246 e. The lowest BCUT2D eigenvalue weighted by Crippen LogP contribution is -2.20. The van der Waals surface area contributed by atoms with Crippen molar-refractivity contribution >= 4 is 45.8 Å². The van der Waals surface area contributed by atoms with Gasteiger partial charge in [0.25, 0.3) is 0 Å². The molecule has 7 nitrogen and oxygen atoms in total. The highest BCUT2D eigenvalue weighted by Gasteiger charge is 2.19. The highest BCUT2D eigenvalue weighted by molar-refractivity contribution is 6.35. The van der Waals surface area contributed by atoms with Gasteiger partial charge in [-0.2, -0.15) is 10.2 Å². The van der Waals surface area contributed by atoms with Crippen molar-refractivity contribution in [3.8, 4) is 11.1 Å². The van der Waals surface area contributed by atoms with Gasteiger partial charge >= 0.3 is 0 Å². The molecule has 3 heterocycles. The fourth-order valence-corrected chi connectivity index (χ4v) is 4.88. The Kier molecular flexibility index (Phi) is 6.51. The molecule has 0 atom stereocenters. The van der Waals surface area contributed by atoms with E-state index in [9.17, 15) is 4.79 Å². The lowest BCUT2D eigenvalue weighted by Gasteiger charge is -2.09. The Bertz CT molecular complexity index is 1590. The Labute approximate surface area is 218 Å². The number of carbonyl (C=O) groups is 1. The second-order valence-corrected chi connectivity index (χ2v) is 9.50. The van der Waals surface area contributed by atoms with Gasteiger partial charge in [0.05, 0.1) is 29.3 Å². The molecule has 3 aromatic heterocycles. The molecule has 182 valence electrons. The molecule has 0 radical (unpaired) electrons. The number of pyridine rings is 1. The molecule has 0 fully saturated rings. The molecule has 5 rings (SSSR count). The topological polar surface area (TPSA) is 77.6 Å². The number of carbonyl (C=O) groups excluding carboxylic acids is 1. The molecule has 5 aromatic rings. The molecule has 0 aliphatic rings. The number of aromatic nitrogens is 5. The Balaban J connectivity index is 1.38. The van der Waals surface area contributed by atoms with Crippen LogP contribution in [0.2, 0.25) is 10.0 Å². The Morgan fingerprint density at radius 3 is 2.44 bits per heavy atom. The van der Waals surface area contributed by atoms with Crippen LogP contribution in [-0.4, -0.2) is 30.5 Å². The van der Waals surface area contributed by atoms with E-state index in [1.165, 1.54) is 0 Å². The van der Waals surface area contributed by atoms with E-state index in [1.54, 1.807) is 23.0 Å². The quantitative estimate of drug-likeness (QED) is 0.289. The summed E-state index contributed by atoms with van der Waals surface area (Å²) in [6.07, 6.45) is 1.75. The van der Waals surface area contributed by atoms with Gasteiger partial charge in [-0.25, -0.2) is 9.67 Å². The van der Waals surface area contributed by atoms with E-state index in [1.807, 2.05) is 55.8 Å². The van der Waals surface area contributed by atoms with Crippen LogP contribution in [0.15, 0.2) is 60.8 Å². The van der Waals surface area contributed by atoms with Crippen LogP contribution in [0.5, 0.6) is 0 Å². The SMILES string of the molecule is Cc1nn(Cc2ccc(Cl)cc2Cl)c(C)c1NC(=O)Cn1nc(C)c2c(-c3ccccc3)ccnc21. The first kappa shape index (κ1) is 24.0. The highest BCUT2D eigenvalue weighted by Crippen LogP contribution is 2.30. The van der Waals surface area contributed by atoms with Gasteiger partial charge in [-0.1, -0.05) is 59.6 Å². The third kappa shape index (κ3) is 4.59. The maximum atomic E-state index is 13.1. The van der Waals surface area contributed by atoms with Gasteiger partial charge in [0.1, 0.15) is 6.54 Å². The van der Waals surface area contributed by atoms with Gasteiger partial charge in [-0.3, -0.25) is 9.48 Å². The number of amides is 1. The maximum absolute atomic E-state index is 13.1. The van der Waals surface area contributed by atoms with Crippen molar-refractivity contribution in [2.75, 3.05) is 5.32 Å². The summed E-state index contributed by atoms with van der Waals surface area (Å²) in [5.41, 5.74) is 6.74. The van der Waals surface area contributed by atoms with E-state index in [-0.39, 0.29) is 12.5 Å². The molecule has 1 N–H and O–H groups in total. The zero-order chi connectivity index (χ0) is 25.4. The Morgan fingerprint density at radius 2 is 1.69 bits per heavy atom. The summed E-state index contributed by atoms with van der Waals surface area (Å²) >= 11 is 12.4. The van der Waals surface area contributed by atoms with Crippen LogP contribution in [0.25, 0.3) is 22.2 Å². The average molecular weight is 519 g/mol. The van der Waals surface area contributed by atoms with Crippen LogP contribution < -0.4 is 5.32 Å². The number of fused-ring (bicyclic) bond motifs is 1. The molecule has 0 spiro atoms. The Morgan fingerprint density at radius 1 is 0.944 bits per heavy atom. The number of aryl methyl sites for hydroxylation is 2. The monoisotopic (exact) mass is 518 g/mol. The molecule has 1 amide bonds. The van der Waals surface area contributed by atoms with Crippen molar-refractivity contribution in [3.63, 3.8) is 0 Å². The van der Waals surface area contributed by atoms with Gasteiger partial charge in [0.2, 0.25) is 5.91 Å². The molecular weight excluding hydrogens is 495 g/mol. The molecular formula is C27H24Cl2N6O. The number of rotatable bonds is 6. The summed E-state index contributed by atoms with van der Waals surface area (Å²) in [5, 5.41) is 14.3. The van der Waals surface area contributed by atoms with Crippen molar-refractivity contribution in [2.45, 2.75) is 33.9 Å². The number of hydrogen-bond acceptors (Lipinski definition) is 4. The third-order valence-corrected chi connectivity index (χ3v) is 6.75. The Hall–Kier alpha value is -3.68. The van der Waals surface area contributed by atoms with E-state index in [0.717, 1.165) is 39.2 Å². The minimum absolute atomic E-state index is 0.0304. The summed E-state index contributed by atoms with van der Waals surface area (Å²) in [7, 11) is 0. The van der Waals surface area contributed by atoms with E-state index in [4.69, 9.17) is 23.2 Å². The lowest BCUT2D eigenvalue weighted by molar-refractivity contribution is -0.116. The minimum atomic E-state index is -0.207. The van der Waals surface area contributed by atoms with Gasteiger partial charge in [0, 0.05) is 21.6 Å². The molecule has 0 unspecified atom stereocenters. The third-order valence-electron chi connectivity index (χ3n) is 6.17. The minimum Gasteiger partial charge on any atom is -0.321 e. The van der Waals surface area contributed by atoms with Crippen molar-refractivity contribution in [1.82, 2.24) is 24.5 Å². The summed E-state index contributed by atoms with van der Waals surface area (Å²) in [6.45, 7) is 6.21. The second-order valence-electron chi connectivity index (χ2n) is 8.65. The van der Waals surface area contributed by atoms with E-state index < -0.39 is 0 Å². The number of hydrogen-bond donors (Lipinski definition) is 1. The molecule has 0 saturated heterocycles. The first-order valence-corrected chi connectivity index (χ1v) is 12.2. The van der Waals surface area contributed by atoms with Gasteiger partial charge in [0.15, 0.2) is 5.65 Å². The predicted octanol–water partition coefficient (Wildman–Crippen LogP) is 6.21. The molecule has 0 aliphatic carbocycles. The first-order chi connectivity index (χ1) is 17.3. The van der Waals surface area contributed by atoms with Gasteiger partial charge < -0.3 is 5.32 Å². The number of anilines is 1. The molecule has 9 heteroatoms. The zero-order valence-corrected chi connectivity index (χ0v) is 21.6. The van der Waals surface area contributed by atoms with Gasteiger partial charge in [-0.15, -0.1) is 0 Å². The standard InChI is InChI=1S/C27H24Cl2N6O/c1-16-25-22(19-7-5-4-6-8-19)11-12-30-27(25)35(32-16)15-24(36)31-26-17(2)33-34(18(26)3)14-20-9-10-21(28)13-23(20)29/h4-13H,14-15H2,1-3H3,(H,31,36). The number of benzene rings is 2. The van der Waals surface area contributed by atoms with Crippen LogP contribution in [0.4, 0.5) is 5.69 Å². The molecule has 36 heavy (non-hydrogen) atoms. The predicted molar refractivity (Wildman–Crippen MR) is 144 cm³/mol. The molecule has 0 aliphatic heterocycles. The van der Waals surface area contributed by atoms with Crippen molar-refractivity contribution in [2.24, 2.45) is 0 Å². The lowest BCUT2D eigenvalue weighted by atomic mass is 10.0. The maximum Gasteiger partial charge on any atom is 0.246 e.